The summed E-state index contributed by atoms with van der Waals surface area (Å²) in [4.78, 5) is 39.1. The van der Waals surface area contributed by atoms with Crippen molar-refractivity contribution in [2.75, 3.05) is 32.0 Å². The van der Waals surface area contributed by atoms with Gasteiger partial charge in [-0.05, 0) is 48.8 Å². The molecule has 5 rings (SSSR count). The minimum Gasteiger partial charge on any atom is -0.497 e. The Morgan fingerprint density at radius 2 is 1.90 bits per heavy atom. The Morgan fingerprint density at radius 1 is 1.18 bits per heavy atom. The molecule has 11 heteroatoms. The van der Waals surface area contributed by atoms with Gasteiger partial charge in [-0.15, -0.1) is 0 Å². The van der Waals surface area contributed by atoms with Gasteiger partial charge in [0.2, 0.25) is 6.79 Å². The molecule has 0 bridgehead atoms. The molecule has 3 aliphatic rings. The Morgan fingerprint density at radius 3 is 2.58 bits per heavy atom. The molecule has 210 valence electrons. The Hall–Kier alpha value is -3.99. The molecule has 2 heterocycles. The fourth-order valence-electron chi connectivity index (χ4n) is 5.48. The van der Waals surface area contributed by atoms with Crippen LogP contribution in [0.4, 0.5) is 5.69 Å². The molecule has 2 aromatic rings. The van der Waals surface area contributed by atoms with Gasteiger partial charge in [-0.1, -0.05) is 19.1 Å². The number of nitro groups is 1. The van der Waals surface area contributed by atoms with E-state index in [-0.39, 0.29) is 54.1 Å². The van der Waals surface area contributed by atoms with Crippen molar-refractivity contribution in [3.8, 4) is 17.2 Å². The number of Topliss-reactive ketones (excluding diaryl/α,β-unsaturated/α-hetero) is 1. The highest BCUT2D eigenvalue weighted by Gasteiger charge is 2.44. The first-order valence-electron chi connectivity index (χ1n) is 13.0. The van der Waals surface area contributed by atoms with Crippen LogP contribution in [-0.2, 0) is 14.3 Å². The number of nitrogens with one attached hydrogen (secondary N) is 1. The number of carbonyl (C=O) groups excluding carboxylic acids is 2. The van der Waals surface area contributed by atoms with Crippen molar-refractivity contribution in [1.82, 2.24) is 5.32 Å². The zero-order valence-electron chi connectivity index (χ0n) is 22.5. The van der Waals surface area contributed by atoms with E-state index < -0.39 is 16.8 Å². The van der Waals surface area contributed by atoms with E-state index in [0.717, 1.165) is 17.1 Å². The van der Waals surface area contributed by atoms with Gasteiger partial charge >= 0.3 is 5.97 Å². The van der Waals surface area contributed by atoms with Crippen LogP contribution in [0, 0.1) is 10.1 Å². The number of hydrogen-bond donors (Lipinski definition) is 1. The van der Waals surface area contributed by atoms with E-state index >= 15 is 0 Å². The van der Waals surface area contributed by atoms with Crippen LogP contribution >= 0.6 is 11.8 Å². The highest BCUT2D eigenvalue weighted by Crippen LogP contribution is 2.50. The van der Waals surface area contributed by atoms with E-state index in [2.05, 4.69) is 5.32 Å². The van der Waals surface area contributed by atoms with E-state index in [9.17, 15) is 19.7 Å². The predicted octanol–water partition coefficient (Wildman–Crippen LogP) is 4.99. The maximum Gasteiger partial charge on any atom is 0.336 e. The summed E-state index contributed by atoms with van der Waals surface area (Å²) in [6.07, 6.45) is 0.686. The molecule has 1 aliphatic carbocycles. The monoisotopic (exact) mass is 566 g/mol. The molecule has 2 aromatic carbocycles. The van der Waals surface area contributed by atoms with Crippen LogP contribution in [0.25, 0.3) is 0 Å². The zero-order valence-corrected chi connectivity index (χ0v) is 23.3. The lowest BCUT2D eigenvalue weighted by molar-refractivity contribution is -0.385. The Balaban J connectivity index is 1.59. The number of nitro benzene ring substituents is 1. The lowest BCUT2D eigenvalue weighted by Gasteiger charge is -2.36. The van der Waals surface area contributed by atoms with Gasteiger partial charge in [0, 0.05) is 34.7 Å². The third kappa shape index (κ3) is 5.25. The summed E-state index contributed by atoms with van der Waals surface area (Å²) in [5, 5.41) is 15.5. The number of nitrogens with zero attached hydrogens (tertiary/aromatic N) is 1. The SMILES string of the molecule is CCSCCOC(=O)C1=C(C)NC2=C(C(=O)C[C@@H](c3ccc(OC)cc3)C2)[C@@H]1c1cc2c(cc1[N+](=O)[O-])OCO2. The third-order valence-electron chi connectivity index (χ3n) is 7.33. The van der Waals surface area contributed by atoms with Crippen LogP contribution in [0.2, 0.25) is 0 Å². The first kappa shape index (κ1) is 27.6. The fourth-order valence-corrected chi connectivity index (χ4v) is 5.97. The standard InChI is InChI=1S/C29H30N2O8S/c1-4-40-10-9-37-29(33)26-16(2)30-21-11-18(17-5-7-19(36-3)8-6-17)12-23(32)28(21)27(26)20-13-24-25(39-15-38-24)14-22(20)31(34)35/h5-8,13-14,18,27,30H,4,9-12,15H2,1-3H3/t18-,27+/m0/s1. The second-order valence-electron chi connectivity index (χ2n) is 9.64. The number of ketones is 1. The summed E-state index contributed by atoms with van der Waals surface area (Å²) >= 11 is 1.63. The normalized spacial score (nSPS) is 19.7. The fraction of sp³-hybridized carbons (Fsp3) is 0.379. The molecule has 0 saturated carbocycles. The van der Waals surface area contributed by atoms with Gasteiger partial charge in [0.15, 0.2) is 17.3 Å². The van der Waals surface area contributed by atoms with Crippen LogP contribution in [0.3, 0.4) is 0 Å². The molecule has 10 nitrogen and oxygen atoms in total. The summed E-state index contributed by atoms with van der Waals surface area (Å²) in [5.74, 6) is 0.878. The van der Waals surface area contributed by atoms with Crippen molar-refractivity contribution in [3.63, 3.8) is 0 Å². The minimum atomic E-state index is -0.998. The molecule has 0 saturated heterocycles. The van der Waals surface area contributed by atoms with Crippen LogP contribution in [0.1, 0.15) is 49.7 Å². The number of allylic oxidation sites excluding steroid dienone is 3. The summed E-state index contributed by atoms with van der Waals surface area (Å²) in [5.41, 5.74) is 2.57. The quantitative estimate of drug-likeness (QED) is 0.192. The van der Waals surface area contributed by atoms with Gasteiger partial charge in [0.25, 0.3) is 5.69 Å². The molecular formula is C29H30N2O8S. The van der Waals surface area contributed by atoms with Crippen molar-refractivity contribution >= 4 is 29.2 Å². The van der Waals surface area contributed by atoms with Crippen LogP contribution in [0.5, 0.6) is 17.2 Å². The molecule has 1 N–H and O–H groups in total. The number of carbonyl (C=O) groups is 2. The minimum absolute atomic E-state index is 0.0720. The maximum absolute atomic E-state index is 13.9. The number of fused-ring (bicyclic) bond motifs is 1. The first-order valence-corrected chi connectivity index (χ1v) is 14.2. The Labute approximate surface area is 235 Å². The van der Waals surface area contributed by atoms with Crippen molar-refractivity contribution < 1.29 is 33.5 Å². The Bertz CT molecular complexity index is 1420. The first-order chi connectivity index (χ1) is 19.3. The van der Waals surface area contributed by atoms with Gasteiger partial charge < -0.3 is 24.3 Å². The van der Waals surface area contributed by atoms with Gasteiger partial charge in [-0.2, -0.15) is 11.8 Å². The molecule has 40 heavy (non-hydrogen) atoms. The number of hydrogen-bond acceptors (Lipinski definition) is 10. The van der Waals surface area contributed by atoms with E-state index in [1.807, 2.05) is 31.2 Å². The summed E-state index contributed by atoms with van der Waals surface area (Å²) < 4.78 is 21.8. The molecule has 0 amide bonds. The molecular weight excluding hydrogens is 536 g/mol. The summed E-state index contributed by atoms with van der Waals surface area (Å²) in [6.45, 7) is 3.86. The van der Waals surface area contributed by atoms with Crippen molar-refractivity contribution in [2.45, 2.75) is 38.5 Å². The number of ether oxygens (including phenoxy) is 4. The lowest BCUT2D eigenvalue weighted by Crippen LogP contribution is -2.36. The van der Waals surface area contributed by atoms with E-state index in [4.69, 9.17) is 18.9 Å². The number of benzene rings is 2. The zero-order chi connectivity index (χ0) is 28.4. The van der Waals surface area contributed by atoms with Crippen LogP contribution in [0.15, 0.2) is 58.9 Å². The van der Waals surface area contributed by atoms with Gasteiger partial charge in [-0.25, -0.2) is 4.79 Å². The summed E-state index contributed by atoms with van der Waals surface area (Å²) in [7, 11) is 1.60. The smallest absolute Gasteiger partial charge is 0.336 e. The number of esters is 1. The molecule has 0 unspecified atom stereocenters. The number of dihydropyridines is 1. The highest BCUT2D eigenvalue weighted by atomic mass is 32.2. The van der Waals surface area contributed by atoms with Crippen LogP contribution < -0.4 is 19.5 Å². The molecule has 0 spiro atoms. The van der Waals surface area contributed by atoms with Crippen molar-refractivity contribution in [2.24, 2.45) is 0 Å². The predicted molar refractivity (Wildman–Crippen MR) is 149 cm³/mol. The maximum atomic E-state index is 13.9. The number of rotatable bonds is 9. The summed E-state index contributed by atoms with van der Waals surface area (Å²) in [6, 6.07) is 10.4. The highest BCUT2D eigenvalue weighted by molar-refractivity contribution is 7.99. The van der Waals surface area contributed by atoms with Crippen LogP contribution in [-0.4, -0.2) is 48.7 Å². The molecule has 0 fully saturated rings. The second-order valence-corrected chi connectivity index (χ2v) is 11.0. The van der Waals surface area contributed by atoms with Crippen molar-refractivity contribution in [1.29, 1.82) is 0 Å². The van der Waals surface area contributed by atoms with E-state index in [0.29, 0.717) is 34.9 Å². The average molecular weight is 567 g/mol. The van der Waals surface area contributed by atoms with E-state index in [1.165, 1.54) is 12.1 Å². The van der Waals surface area contributed by atoms with Gasteiger partial charge in [-0.3, -0.25) is 14.9 Å². The molecule has 2 atom stereocenters. The van der Waals surface area contributed by atoms with E-state index in [1.54, 1.807) is 25.8 Å². The van der Waals surface area contributed by atoms with Crippen molar-refractivity contribution in [3.05, 3.63) is 80.2 Å². The molecule has 0 radical (unpaired) electrons. The second kappa shape index (κ2) is 11.6. The Kier molecular flexibility index (Phi) is 8.02. The van der Waals surface area contributed by atoms with Gasteiger partial charge in [0.1, 0.15) is 12.4 Å². The lowest BCUT2D eigenvalue weighted by atomic mass is 9.71. The molecule has 2 aliphatic heterocycles. The number of thioether (sulfide) groups is 1. The third-order valence-corrected chi connectivity index (χ3v) is 8.19. The largest absolute Gasteiger partial charge is 0.497 e. The average Bonchev–Trinajstić information content (AvgIpc) is 3.41. The molecule has 0 aromatic heterocycles. The number of methoxy groups -OCH3 is 1. The topological polar surface area (TPSA) is 126 Å². The van der Waals surface area contributed by atoms with Gasteiger partial charge in [0.05, 0.1) is 29.6 Å².